The van der Waals surface area contributed by atoms with Gasteiger partial charge in [-0.1, -0.05) is 6.07 Å². The molecule has 0 fully saturated rings. The molecule has 1 N–H and O–H groups in total. The van der Waals surface area contributed by atoms with Gasteiger partial charge in [0.05, 0.1) is 12.3 Å². The van der Waals surface area contributed by atoms with Gasteiger partial charge in [-0.05, 0) is 18.6 Å². The number of aromatic nitrogens is 1. The van der Waals surface area contributed by atoms with Crippen molar-refractivity contribution in [3.8, 4) is 0 Å². The summed E-state index contributed by atoms with van der Waals surface area (Å²) in [5.74, 6) is 0. The molecule has 2 nitrogen and oxygen atoms in total. The fraction of sp³-hybridized carbons (Fsp3) is 0.375. The van der Waals surface area contributed by atoms with E-state index in [1.54, 1.807) is 6.92 Å². The minimum absolute atomic E-state index is 0.249. The number of rotatable bonds is 2. The molecule has 4 heteroatoms. The number of hydrogen-bond donors (Lipinski definition) is 1. The Morgan fingerprint density at radius 1 is 1.50 bits per heavy atom. The van der Waals surface area contributed by atoms with Gasteiger partial charge in [-0.2, -0.15) is 0 Å². The molecule has 1 rings (SSSR count). The number of nitrogens with zero attached hydrogens (tertiary/aromatic N) is 1. The van der Waals surface area contributed by atoms with Crippen LogP contribution in [0.1, 0.15) is 23.4 Å². The van der Waals surface area contributed by atoms with E-state index >= 15 is 0 Å². The Hall–Kier alpha value is -1.03. The van der Waals surface area contributed by atoms with Gasteiger partial charge in [0.25, 0.3) is 6.43 Å². The molecule has 0 amide bonds. The van der Waals surface area contributed by atoms with Gasteiger partial charge in [0.1, 0.15) is 5.69 Å². The predicted molar refractivity (Wildman–Crippen MR) is 39.9 cm³/mol. The van der Waals surface area contributed by atoms with E-state index in [-0.39, 0.29) is 18.0 Å². The molecule has 0 bridgehead atoms. The van der Waals surface area contributed by atoms with Crippen molar-refractivity contribution in [1.29, 1.82) is 0 Å². The quantitative estimate of drug-likeness (QED) is 0.739. The zero-order chi connectivity index (χ0) is 9.14. The molecule has 0 atom stereocenters. The number of hydrogen-bond acceptors (Lipinski definition) is 2. The Bertz CT molecular complexity index is 276. The highest BCUT2D eigenvalue weighted by Gasteiger charge is 2.12. The maximum absolute atomic E-state index is 12.2. The van der Waals surface area contributed by atoms with Crippen LogP contribution in [0.3, 0.4) is 0 Å². The molecule has 12 heavy (non-hydrogen) atoms. The van der Waals surface area contributed by atoms with Crippen LogP contribution in [0.4, 0.5) is 8.78 Å². The van der Waals surface area contributed by atoms with Crippen LogP contribution in [-0.4, -0.2) is 10.1 Å². The van der Waals surface area contributed by atoms with Crippen molar-refractivity contribution in [3.63, 3.8) is 0 Å². The molecular formula is C8H9F2NO. The third-order valence-corrected chi connectivity index (χ3v) is 1.56. The fourth-order valence-electron chi connectivity index (χ4n) is 0.896. The molecule has 0 radical (unpaired) electrons. The van der Waals surface area contributed by atoms with E-state index in [4.69, 9.17) is 5.11 Å². The summed E-state index contributed by atoms with van der Waals surface area (Å²) in [4.78, 5) is 3.59. The third kappa shape index (κ3) is 1.76. The van der Waals surface area contributed by atoms with Gasteiger partial charge in [0.15, 0.2) is 0 Å². The van der Waals surface area contributed by atoms with E-state index in [1.807, 2.05) is 0 Å². The lowest BCUT2D eigenvalue weighted by Gasteiger charge is -2.04. The van der Waals surface area contributed by atoms with Gasteiger partial charge in [0.2, 0.25) is 0 Å². The highest BCUT2D eigenvalue weighted by Crippen LogP contribution is 2.20. The standard InChI is InChI=1S/C8H9F2NO/c1-5-2-3-6(4-12)11-7(5)8(9)10/h2-3,8,12H,4H2,1H3. The van der Waals surface area contributed by atoms with Crippen molar-refractivity contribution >= 4 is 0 Å². The molecule has 0 aliphatic carbocycles. The Labute approximate surface area is 68.9 Å². The summed E-state index contributed by atoms with van der Waals surface area (Å²) in [6, 6.07) is 3.06. The Kier molecular flexibility index (Phi) is 2.70. The number of aliphatic hydroxyl groups is 1. The molecule has 0 aliphatic rings. The maximum Gasteiger partial charge on any atom is 0.280 e. The van der Waals surface area contributed by atoms with E-state index in [0.29, 0.717) is 5.56 Å². The zero-order valence-corrected chi connectivity index (χ0v) is 6.59. The lowest BCUT2D eigenvalue weighted by Crippen LogP contribution is -1.98. The molecule has 0 spiro atoms. The minimum atomic E-state index is -2.57. The Balaban J connectivity index is 3.08. The lowest BCUT2D eigenvalue weighted by molar-refractivity contribution is 0.144. The highest BCUT2D eigenvalue weighted by molar-refractivity contribution is 5.22. The number of pyridine rings is 1. The van der Waals surface area contributed by atoms with Crippen molar-refractivity contribution in [2.45, 2.75) is 20.0 Å². The number of halogens is 2. The summed E-state index contributed by atoms with van der Waals surface area (Å²) in [5.41, 5.74) is 0.472. The zero-order valence-electron chi connectivity index (χ0n) is 6.59. The molecule has 1 heterocycles. The summed E-state index contributed by atoms with van der Waals surface area (Å²) in [5, 5.41) is 8.63. The van der Waals surface area contributed by atoms with Crippen LogP contribution in [0.2, 0.25) is 0 Å². The van der Waals surface area contributed by atoms with Crippen LogP contribution < -0.4 is 0 Å². The van der Waals surface area contributed by atoms with Crippen LogP contribution >= 0.6 is 0 Å². The fourth-order valence-corrected chi connectivity index (χ4v) is 0.896. The monoisotopic (exact) mass is 173 g/mol. The molecular weight excluding hydrogens is 164 g/mol. The van der Waals surface area contributed by atoms with Gasteiger partial charge >= 0.3 is 0 Å². The van der Waals surface area contributed by atoms with Crippen molar-refractivity contribution in [1.82, 2.24) is 4.98 Å². The normalized spacial score (nSPS) is 10.8. The first-order chi connectivity index (χ1) is 5.65. The molecule has 1 aromatic heterocycles. The van der Waals surface area contributed by atoms with E-state index in [9.17, 15) is 8.78 Å². The van der Waals surface area contributed by atoms with Gasteiger partial charge in [-0.15, -0.1) is 0 Å². The molecule has 0 saturated carbocycles. The average Bonchev–Trinajstić information content (AvgIpc) is 2.05. The smallest absolute Gasteiger partial charge is 0.280 e. The second kappa shape index (κ2) is 3.58. The molecule has 0 saturated heterocycles. The third-order valence-electron chi connectivity index (χ3n) is 1.56. The van der Waals surface area contributed by atoms with E-state index in [1.165, 1.54) is 12.1 Å². The van der Waals surface area contributed by atoms with E-state index in [0.717, 1.165) is 0 Å². The molecule has 0 aliphatic heterocycles. The van der Waals surface area contributed by atoms with Crippen molar-refractivity contribution in [2.24, 2.45) is 0 Å². The van der Waals surface area contributed by atoms with Crippen LogP contribution in [-0.2, 0) is 6.61 Å². The molecule has 0 aromatic carbocycles. The number of aliphatic hydroxyl groups excluding tert-OH is 1. The topological polar surface area (TPSA) is 33.1 Å². The first-order valence-electron chi connectivity index (χ1n) is 3.50. The van der Waals surface area contributed by atoms with Gasteiger partial charge in [-0.3, -0.25) is 0 Å². The van der Waals surface area contributed by atoms with E-state index < -0.39 is 6.43 Å². The average molecular weight is 173 g/mol. The van der Waals surface area contributed by atoms with Gasteiger partial charge in [-0.25, -0.2) is 13.8 Å². The van der Waals surface area contributed by atoms with Crippen molar-refractivity contribution < 1.29 is 13.9 Å². The lowest BCUT2D eigenvalue weighted by atomic mass is 10.2. The van der Waals surface area contributed by atoms with Gasteiger partial charge < -0.3 is 5.11 Å². The summed E-state index contributed by atoms with van der Waals surface area (Å²) < 4.78 is 24.4. The van der Waals surface area contributed by atoms with Crippen molar-refractivity contribution in [2.75, 3.05) is 0 Å². The van der Waals surface area contributed by atoms with Crippen molar-refractivity contribution in [3.05, 3.63) is 29.1 Å². The molecule has 1 aromatic rings. The summed E-state index contributed by atoms with van der Waals surface area (Å²) in [6.45, 7) is 1.26. The van der Waals surface area contributed by atoms with Crippen LogP contribution in [0, 0.1) is 6.92 Å². The largest absolute Gasteiger partial charge is 0.390 e. The summed E-state index contributed by atoms with van der Waals surface area (Å²) >= 11 is 0. The van der Waals surface area contributed by atoms with Crippen LogP contribution in [0.25, 0.3) is 0 Å². The van der Waals surface area contributed by atoms with Gasteiger partial charge in [0, 0.05) is 0 Å². The Morgan fingerprint density at radius 3 is 2.67 bits per heavy atom. The second-order valence-corrected chi connectivity index (χ2v) is 2.46. The van der Waals surface area contributed by atoms with Crippen LogP contribution in [0.15, 0.2) is 12.1 Å². The predicted octanol–water partition coefficient (Wildman–Crippen LogP) is 1.82. The number of alkyl halides is 2. The Morgan fingerprint density at radius 2 is 2.17 bits per heavy atom. The second-order valence-electron chi connectivity index (χ2n) is 2.46. The first-order valence-corrected chi connectivity index (χ1v) is 3.50. The SMILES string of the molecule is Cc1ccc(CO)nc1C(F)F. The van der Waals surface area contributed by atoms with E-state index in [2.05, 4.69) is 4.98 Å². The first kappa shape index (κ1) is 9.06. The summed E-state index contributed by atoms with van der Waals surface area (Å²) in [6.07, 6.45) is -2.57. The highest BCUT2D eigenvalue weighted by atomic mass is 19.3. The molecule has 66 valence electrons. The maximum atomic E-state index is 12.2. The number of aryl methyl sites for hydroxylation is 1. The summed E-state index contributed by atoms with van der Waals surface area (Å²) in [7, 11) is 0. The van der Waals surface area contributed by atoms with Crippen LogP contribution in [0.5, 0.6) is 0 Å². The molecule has 0 unspecified atom stereocenters. The minimum Gasteiger partial charge on any atom is -0.390 e.